The number of nitrogens with zero attached hydrogens (tertiary/aromatic N) is 1. The van der Waals surface area contributed by atoms with Crippen molar-refractivity contribution in [1.29, 1.82) is 0 Å². The quantitative estimate of drug-likeness (QED) is 0.513. The minimum absolute atomic E-state index is 0.167. The van der Waals surface area contributed by atoms with Crippen molar-refractivity contribution >= 4 is 0 Å². The van der Waals surface area contributed by atoms with Crippen molar-refractivity contribution in [2.75, 3.05) is 13.1 Å². The maximum Gasteiger partial charge on any atom is 0.126 e. The summed E-state index contributed by atoms with van der Waals surface area (Å²) in [6, 6.07) is 18.2. The molecule has 0 aliphatic heterocycles. The van der Waals surface area contributed by atoms with E-state index in [4.69, 9.17) is 4.74 Å². The van der Waals surface area contributed by atoms with Crippen molar-refractivity contribution in [2.45, 2.75) is 33.3 Å². The van der Waals surface area contributed by atoms with E-state index in [0.717, 1.165) is 12.2 Å². The molecule has 0 heterocycles. The van der Waals surface area contributed by atoms with Crippen molar-refractivity contribution in [1.82, 2.24) is 0 Å². The van der Waals surface area contributed by atoms with Crippen LogP contribution < -0.4 is 4.74 Å². The van der Waals surface area contributed by atoms with Gasteiger partial charge in [0.2, 0.25) is 0 Å². The van der Waals surface area contributed by atoms with Gasteiger partial charge in [-0.05, 0) is 38.5 Å². The third-order valence-corrected chi connectivity index (χ3v) is 4.23. The van der Waals surface area contributed by atoms with Gasteiger partial charge in [-0.25, -0.2) is 0 Å². The van der Waals surface area contributed by atoms with Gasteiger partial charge in [-0.2, -0.15) is 0 Å². The first-order valence-electron chi connectivity index (χ1n) is 8.59. The molecule has 0 N–H and O–H groups in total. The largest absolute Gasteiger partial charge is 0.628 e. The third-order valence-electron chi connectivity index (χ3n) is 4.23. The number of hydroxylamine groups is 3. The molecule has 1 unspecified atom stereocenters. The molecule has 2 aromatic rings. The summed E-state index contributed by atoms with van der Waals surface area (Å²) in [5.41, 5.74) is 2.39. The summed E-state index contributed by atoms with van der Waals surface area (Å²) in [4.78, 5) is 0. The fourth-order valence-corrected chi connectivity index (χ4v) is 2.47. The number of hydrogen-bond acceptors (Lipinski definition) is 2. The number of hydrogen-bond donors (Lipinski definition) is 0. The highest BCUT2D eigenvalue weighted by atomic mass is 16.5. The summed E-state index contributed by atoms with van der Waals surface area (Å²) >= 11 is 0. The molecule has 0 saturated carbocycles. The van der Waals surface area contributed by atoms with Gasteiger partial charge in [0.05, 0.1) is 19.3 Å². The number of quaternary nitrogens is 1. The smallest absolute Gasteiger partial charge is 0.126 e. The highest BCUT2D eigenvalue weighted by Crippen LogP contribution is 2.17. The Balaban J connectivity index is 2.17. The molecule has 0 spiro atoms. The Morgan fingerprint density at radius 3 is 2.21 bits per heavy atom. The molecule has 0 saturated heterocycles. The second kappa shape index (κ2) is 8.67. The monoisotopic (exact) mass is 325 g/mol. The van der Waals surface area contributed by atoms with E-state index in [0.29, 0.717) is 13.1 Å². The number of rotatable bonds is 8. The molecule has 0 fully saturated rings. The van der Waals surface area contributed by atoms with E-state index in [-0.39, 0.29) is 10.8 Å². The maximum absolute atomic E-state index is 12.5. The standard InChI is InChI=1S/C21H27NO2/c1-4-22(23,5-2)16-15-21(17-19-9-7-6-8-10-19)24-20-13-11-18(3)12-14-20/h6-16,21H,4-5,17H2,1-3H3/b16-15+. The average molecular weight is 325 g/mol. The maximum atomic E-state index is 12.5. The van der Waals surface area contributed by atoms with Crippen molar-refractivity contribution in [3.8, 4) is 5.75 Å². The molecule has 0 amide bonds. The molecule has 2 rings (SSSR count). The van der Waals surface area contributed by atoms with Crippen molar-refractivity contribution in [3.05, 3.63) is 83.2 Å². The van der Waals surface area contributed by atoms with Gasteiger partial charge >= 0.3 is 0 Å². The second-order valence-electron chi connectivity index (χ2n) is 6.09. The Bertz CT molecular complexity index is 631. The molecule has 0 aliphatic rings. The van der Waals surface area contributed by atoms with Gasteiger partial charge < -0.3 is 14.6 Å². The van der Waals surface area contributed by atoms with Gasteiger partial charge in [-0.15, -0.1) is 0 Å². The van der Waals surface area contributed by atoms with Crippen LogP contribution in [0.1, 0.15) is 25.0 Å². The minimum atomic E-state index is -0.331. The number of benzene rings is 2. The molecule has 0 aliphatic carbocycles. The van der Waals surface area contributed by atoms with Crippen LogP contribution >= 0.6 is 0 Å². The number of ether oxygens (including phenoxy) is 1. The van der Waals surface area contributed by atoms with Crippen molar-refractivity contribution < 1.29 is 9.38 Å². The lowest BCUT2D eigenvalue weighted by molar-refractivity contribution is -0.825. The molecule has 3 heteroatoms. The van der Waals surface area contributed by atoms with E-state index in [2.05, 4.69) is 19.1 Å². The molecular weight excluding hydrogens is 298 g/mol. The Morgan fingerprint density at radius 2 is 1.62 bits per heavy atom. The van der Waals surface area contributed by atoms with Crippen LogP contribution in [0.15, 0.2) is 66.9 Å². The van der Waals surface area contributed by atoms with E-state index in [1.807, 2.05) is 62.4 Å². The van der Waals surface area contributed by atoms with E-state index >= 15 is 0 Å². The normalized spacial score (nSPS) is 13.2. The van der Waals surface area contributed by atoms with E-state index in [1.165, 1.54) is 11.1 Å². The van der Waals surface area contributed by atoms with E-state index in [1.54, 1.807) is 6.20 Å². The third kappa shape index (κ3) is 5.52. The van der Waals surface area contributed by atoms with Crippen LogP contribution in [0.5, 0.6) is 5.75 Å². The van der Waals surface area contributed by atoms with Gasteiger partial charge in [-0.1, -0.05) is 48.0 Å². The molecule has 1 atom stereocenters. The van der Waals surface area contributed by atoms with Crippen LogP contribution in [-0.4, -0.2) is 23.8 Å². The van der Waals surface area contributed by atoms with Crippen LogP contribution in [0.25, 0.3) is 0 Å². The lowest BCUT2D eigenvalue weighted by atomic mass is 10.1. The summed E-state index contributed by atoms with van der Waals surface area (Å²) in [5, 5.41) is 12.5. The van der Waals surface area contributed by atoms with Crippen LogP contribution in [0.4, 0.5) is 0 Å². The first-order valence-corrected chi connectivity index (χ1v) is 8.59. The summed E-state index contributed by atoms with van der Waals surface area (Å²) in [7, 11) is 0. The lowest BCUT2D eigenvalue weighted by Gasteiger charge is -2.37. The van der Waals surface area contributed by atoms with Gasteiger partial charge in [0.25, 0.3) is 0 Å². The zero-order valence-electron chi connectivity index (χ0n) is 14.8. The van der Waals surface area contributed by atoms with E-state index < -0.39 is 0 Å². The van der Waals surface area contributed by atoms with Gasteiger partial charge in [-0.3, -0.25) is 0 Å². The fraction of sp³-hybridized carbons (Fsp3) is 0.333. The molecule has 3 nitrogen and oxygen atoms in total. The molecule has 0 bridgehead atoms. The minimum Gasteiger partial charge on any atom is -0.628 e. The van der Waals surface area contributed by atoms with Gasteiger partial charge in [0, 0.05) is 12.5 Å². The molecular formula is C21H27NO2. The average Bonchev–Trinajstić information content (AvgIpc) is 2.62. The predicted molar refractivity (Wildman–Crippen MR) is 99.6 cm³/mol. The van der Waals surface area contributed by atoms with Gasteiger partial charge in [0.1, 0.15) is 11.9 Å². The van der Waals surface area contributed by atoms with Crippen molar-refractivity contribution in [2.24, 2.45) is 0 Å². The lowest BCUT2D eigenvalue weighted by Crippen LogP contribution is -2.36. The molecule has 24 heavy (non-hydrogen) atoms. The highest BCUT2D eigenvalue weighted by Gasteiger charge is 2.12. The Kier molecular flexibility index (Phi) is 6.59. The molecule has 0 aromatic heterocycles. The molecule has 0 radical (unpaired) electrons. The zero-order chi connectivity index (χ0) is 17.4. The Labute approximate surface area is 145 Å². The highest BCUT2D eigenvalue weighted by molar-refractivity contribution is 5.27. The number of aryl methyl sites for hydroxylation is 1. The molecule has 2 aromatic carbocycles. The van der Waals surface area contributed by atoms with Crippen molar-refractivity contribution in [3.63, 3.8) is 0 Å². The Hall–Kier alpha value is -2.10. The second-order valence-corrected chi connectivity index (χ2v) is 6.09. The Morgan fingerprint density at radius 1 is 1.00 bits per heavy atom. The fourth-order valence-electron chi connectivity index (χ4n) is 2.47. The first kappa shape index (κ1) is 18.2. The molecule has 128 valence electrons. The topological polar surface area (TPSA) is 32.3 Å². The summed E-state index contributed by atoms with van der Waals surface area (Å²) in [6.45, 7) is 6.92. The zero-order valence-corrected chi connectivity index (χ0v) is 14.8. The predicted octanol–water partition coefficient (Wildman–Crippen LogP) is 4.85. The SMILES string of the molecule is CC[N+]([O-])(/C=C/C(Cc1ccccc1)Oc1ccc(C)cc1)CC. The van der Waals surface area contributed by atoms with Crippen LogP contribution in [0, 0.1) is 12.1 Å². The van der Waals surface area contributed by atoms with Crippen LogP contribution in [0.3, 0.4) is 0 Å². The summed E-state index contributed by atoms with van der Waals surface area (Å²) in [6.07, 6.45) is 4.20. The summed E-state index contributed by atoms with van der Waals surface area (Å²) < 4.78 is 5.79. The van der Waals surface area contributed by atoms with E-state index in [9.17, 15) is 5.21 Å². The van der Waals surface area contributed by atoms with Crippen LogP contribution in [-0.2, 0) is 6.42 Å². The first-order chi connectivity index (χ1) is 11.5. The summed E-state index contributed by atoms with van der Waals surface area (Å²) in [5.74, 6) is 0.822. The van der Waals surface area contributed by atoms with Gasteiger partial charge in [0.15, 0.2) is 0 Å². The van der Waals surface area contributed by atoms with Crippen LogP contribution in [0.2, 0.25) is 0 Å².